The first-order chi connectivity index (χ1) is 9.50. The molecule has 0 saturated heterocycles. The van der Waals surface area contributed by atoms with Crippen molar-refractivity contribution in [3.63, 3.8) is 0 Å². The topological polar surface area (TPSA) is 39.3 Å². The molecule has 0 unspecified atom stereocenters. The Bertz CT molecular complexity index is 885. The predicted molar refractivity (Wildman–Crippen MR) is 70.5 cm³/mol. The Morgan fingerprint density at radius 2 is 2.05 bits per heavy atom. The van der Waals surface area contributed by atoms with Crippen molar-refractivity contribution in [2.24, 2.45) is 0 Å². The SMILES string of the molecule is Cc1cc(-n2c(=O)c(F)c(F)n3ccnc23)ccc1Cl. The number of hydrogen-bond acceptors (Lipinski definition) is 2. The average Bonchev–Trinajstić information content (AvgIpc) is 2.89. The zero-order chi connectivity index (χ0) is 14.4. The Hall–Kier alpha value is -2.21. The second-order valence-electron chi connectivity index (χ2n) is 4.28. The fraction of sp³-hybridized carbons (Fsp3) is 0.0769. The lowest BCUT2D eigenvalue weighted by Gasteiger charge is -2.10. The molecule has 0 bridgehead atoms. The Kier molecular flexibility index (Phi) is 2.83. The fourth-order valence-corrected chi connectivity index (χ4v) is 2.12. The quantitative estimate of drug-likeness (QED) is 0.648. The Morgan fingerprint density at radius 3 is 2.75 bits per heavy atom. The van der Waals surface area contributed by atoms with E-state index >= 15 is 0 Å². The normalized spacial score (nSPS) is 11.2. The van der Waals surface area contributed by atoms with Gasteiger partial charge in [0.25, 0.3) is 5.56 Å². The summed E-state index contributed by atoms with van der Waals surface area (Å²) in [5.74, 6) is -2.72. The van der Waals surface area contributed by atoms with E-state index in [0.717, 1.165) is 8.97 Å². The maximum Gasteiger partial charge on any atom is 0.298 e. The van der Waals surface area contributed by atoms with E-state index in [-0.39, 0.29) is 5.78 Å². The third kappa shape index (κ3) is 1.72. The van der Waals surface area contributed by atoms with Gasteiger partial charge in [-0.25, -0.2) is 9.55 Å². The maximum absolute atomic E-state index is 13.7. The number of halogens is 3. The summed E-state index contributed by atoms with van der Waals surface area (Å²) in [6.07, 6.45) is 2.53. The molecule has 0 N–H and O–H groups in total. The molecule has 0 amide bonds. The minimum Gasteiger partial charge on any atom is -0.265 e. The highest BCUT2D eigenvalue weighted by atomic mass is 35.5. The molecule has 0 aliphatic heterocycles. The van der Waals surface area contributed by atoms with E-state index in [4.69, 9.17) is 11.6 Å². The number of rotatable bonds is 1. The van der Waals surface area contributed by atoms with Crippen molar-refractivity contribution in [3.05, 3.63) is 63.3 Å². The molecular formula is C13H8ClF2N3O. The first kappa shape index (κ1) is 12.8. The number of aryl methyl sites for hydroxylation is 1. The summed E-state index contributed by atoms with van der Waals surface area (Å²) < 4.78 is 29.2. The lowest BCUT2D eigenvalue weighted by molar-refractivity contribution is 0.451. The van der Waals surface area contributed by atoms with Crippen LogP contribution in [0.3, 0.4) is 0 Å². The Morgan fingerprint density at radius 1 is 1.30 bits per heavy atom. The second kappa shape index (κ2) is 4.42. The van der Waals surface area contributed by atoms with Gasteiger partial charge in [-0.1, -0.05) is 11.6 Å². The van der Waals surface area contributed by atoms with Crippen LogP contribution in [0.5, 0.6) is 0 Å². The summed E-state index contributed by atoms with van der Waals surface area (Å²) in [4.78, 5) is 15.9. The largest absolute Gasteiger partial charge is 0.298 e. The third-order valence-electron chi connectivity index (χ3n) is 3.00. The molecule has 0 aliphatic carbocycles. The highest BCUT2D eigenvalue weighted by Crippen LogP contribution is 2.19. The molecule has 20 heavy (non-hydrogen) atoms. The van der Waals surface area contributed by atoms with E-state index in [2.05, 4.69) is 4.98 Å². The molecule has 0 aliphatic rings. The van der Waals surface area contributed by atoms with E-state index in [0.29, 0.717) is 16.3 Å². The van der Waals surface area contributed by atoms with E-state index in [1.807, 2.05) is 0 Å². The van der Waals surface area contributed by atoms with Crippen LogP contribution in [-0.4, -0.2) is 14.0 Å². The van der Waals surface area contributed by atoms with Gasteiger partial charge in [-0.3, -0.25) is 9.20 Å². The lowest BCUT2D eigenvalue weighted by atomic mass is 10.2. The smallest absolute Gasteiger partial charge is 0.265 e. The van der Waals surface area contributed by atoms with E-state index in [9.17, 15) is 13.6 Å². The summed E-state index contributed by atoms with van der Waals surface area (Å²) in [6.45, 7) is 1.75. The summed E-state index contributed by atoms with van der Waals surface area (Å²) in [5, 5.41) is 0.517. The summed E-state index contributed by atoms with van der Waals surface area (Å²) >= 11 is 5.92. The molecule has 3 aromatic rings. The summed E-state index contributed by atoms with van der Waals surface area (Å²) in [5.41, 5.74) is -0.0135. The van der Waals surface area contributed by atoms with Crippen molar-refractivity contribution in [1.82, 2.24) is 14.0 Å². The van der Waals surface area contributed by atoms with Gasteiger partial charge in [-0.2, -0.15) is 8.78 Å². The van der Waals surface area contributed by atoms with Crippen molar-refractivity contribution < 1.29 is 8.78 Å². The van der Waals surface area contributed by atoms with Crippen LogP contribution >= 0.6 is 11.6 Å². The van der Waals surface area contributed by atoms with Gasteiger partial charge in [0.15, 0.2) is 0 Å². The minimum absolute atomic E-state index is 0.00405. The third-order valence-corrected chi connectivity index (χ3v) is 3.43. The van der Waals surface area contributed by atoms with Gasteiger partial charge in [0, 0.05) is 17.4 Å². The zero-order valence-corrected chi connectivity index (χ0v) is 11.0. The van der Waals surface area contributed by atoms with Crippen molar-refractivity contribution in [2.75, 3.05) is 0 Å². The van der Waals surface area contributed by atoms with E-state index in [1.54, 1.807) is 25.1 Å². The summed E-state index contributed by atoms with van der Waals surface area (Å²) in [7, 11) is 0. The van der Waals surface area contributed by atoms with Crippen molar-refractivity contribution in [1.29, 1.82) is 0 Å². The van der Waals surface area contributed by atoms with Gasteiger partial charge in [0.1, 0.15) is 0 Å². The number of fused-ring (bicyclic) bond motifs is 1. The molecule has 2 heterocycles. The first-order valence-electron chi connectivity index (χ1n) is 5.70. The van der Waals surface area contributed by atoms with Gasteiger partial charge in [-0.15, -0.1) is 0 Å². The molecule has 102 valence electrons. The van der Waals surface area contributed by atoms with E-state index < -0.39 is 17.3 Å². The molecule has 0 saturated carbocycles. The number of benzene rings is 1. The molecule has 4 nitrogen and oxygen atoms in total. The second-order valence-corrected chi connectivity index (χ2v) is 4.68. The Labute approximate surface area is 116 Å². The van der Waals surface area contributed by atoms with Crippen LogP contribution in [0.4, 0.5) is 8.78 Å². The van der Waals surface area contributed by atoms with Crippen LogP contribution in [0.2, 0.25) is 5.02 Å². The van der Waals surface area contributed by atoms with Crippen LogP contribution in [0.25, 0.3) is 11.5 Å². The minimum atomic E-state index is -1.46. The van der Waals surface area contributed by atoms with Gasteiger partial charge < -0.3 is 0 Å². The lowest BCUT2D eigenvalue weighted by Crippen LogP contribution is -2.26. The fourth-order valence-electron chi connectivity index (χ4n) is 2.00. The Balaban J connectivity index is 2.44. The van der Waals surface area contributed by atoms with Crippen LogP contribution < -0.4 is 5.56 Å². The van der Waals surface area contributed by atoms with Crippen LogP contribution in [0.15, 0.2) is 35.4 Å². The molecule has 0 radical (unpaired) electrons. The molecule has 0 fully saturated rings. The first-order valence-corrected chi connectivity index (χ1v) is 6.08. The molecular weight excluding hydrogens is 288 g/mol. The number of imidazole rings is 1. The average molecular weight is 296 g/mol. The molecule has 0 atom stereocenters. The molecule has 2 aromatic heterocycles. The van der Waals surface area contributed by atoms with Gasteiger partial charge >= 0.3 is 0 Å². The predicted octanol–water partition coefficient (Wildman–Crippen LogP) is 2.73. The van der Waals surface area contributed by atoms with Gasteiger partial charge in [0.2, 0.25) is 17.5 Å². The highest BCUT2D eigenvalue weighted by molar-refractivity contribution is 6.31. The van der Waals surface area contributed by atoms with Crippen LogP contribution in [0, 0.1) is 18.7 Å². The number of nitrogens with zero attached hydrogens (tertiary/aromatic N) is 3. The maximum atomic E-state index is 13.7. The van der Waals surface area contributed by atoms with Crippen molar-refractivity contribution >= 4 is 17.4 Å². The number of aromatic nitrogens is 3. The highest BCUT2D eigenvalue weighted by Gasteiger charge is 2.18. The standard InChI is InChI=1S/C13H8ClF2N3O/c1-7-6-8(2-3-9(7)14)19-12(20)10(15)11(16)18-5-4-17-13(18)19/h2-6H,1H3. The molecule has 7 heteroatoms. The number of hydrogen-bond donors (Lipinski definition) is 0. The summed E-state index contributed by atoms with van der Waals surface area (Å²) in [6, 6.07) is 4.73. The zero-order valence-electron chi connectivity index (χ0n) is 10.3. The van der Waals surface area contributed by atoms with Gasteiger partial charge in [0.05, 0.1) is 5.69 Å². The van der Waals surface area contributed by atoms with Crippen LogP contribution in [-0.2, 0) is 0 Å². The molecule has 1 aromatic carbocycles. The van der Waals surface area contributed by atoms with E-state index in [1.165, 1.54) is 12.4 Å². The van der Waals surface area contributed by atoms with Gasteiger partial charge in [-0.05, 0) is 30.7 Å². The van der Waals surface area contributed by atoms with Crippen molar-refractivity contribution in [3.8, 4) is 5.69 Å². The van der Waals surface area contributed by atoms with Crippen molar-refractivity contribution in [2.45, 2.75) is 6.92 Å². The van der Waals surface area contributed by atoms with Crippen LogP contribution in [0.1, 0.15) is 5.56 Å². The monoisotopic (exact) mass is 295 g/mol. The molecule has 0 spiro atoms. The molecule has 3 rings (SSSR count).